The highest BCUT2D eigenvalue weighted by atomic mass is 15.2. The Hall–Kier alpha value is -0.120. The molecule has 3 nitrogen and oxygen atoms in total. The molecule has 0 aliphatic carbocycles. The SMILES string of the molecule is CCN(CC)CCNCC(C)N1CCCCC1. The van der Waals surface area contributed by atoms with Gasteiger partial charge in [0.15, 0.2) is 0 Å². The van der Waals surface area contributed by atoms with Crippen LogP contribution in [0.1, 0.15) is 40.0 Å². The van der Waals surface area contributed by atoms with Crippen LogP contribution >= 0.6 is 0 Å². The lowest BCUT2D eigenvalue weighted by Gasteiger charge is -2.32. The average molecular weight is 241 g/mol. The van der Waals surface area contributed by atoms with Gasteiger partial charge in [-0.05, 0) is 45.9 Å². The van der Waals surface area contributed by atoms with Crippen molar-refractivity contribution < 1.29 is 0 Å². The fourth-order valence-electron chi connectivity index (χ4n) is 2.58. The molecule has 102 valence electrons. The van der Waals surface area contributed by atoms with Gasteiger partial charge in [0.25, 0.3) is 0 Å². The average Bonchev–Trinajstić information content (AvgIpc) is 2.40. The fourth-order valence-corrected chi connectivity index (χ4v) is 2.58. The van der Waals surface area contributed by atoms with Crippen molar-refractivity contribution in [2.24, 2.45) is 0 Å². The second-order valence-corrected chi connectivity index (χ2v) is 5.18. The maximum Gasteiger partial charge on any atom is 0.0192 e. The van der Waals surface area contributed by atoms with Gasteiger partial charge in [0, 0.05) is 25.7 Å². The molecule has 1 atom stereocenters. The monoisotopic (exact) mass is 241 g/mol. The van der Waals surface area contributed by atoms with E-state index in [9.17, 15) is 0 Å². The van der Waals surface area contributed by atoms with Gasteiger partial charge in [-0.1, -0.05) is 20.3 Å². The van der Waals surface area contributed by atoms with Crippen LogP contribution in [0.25, 0.3) is 0 Å². The van der Waals surface area contributed by atoms with E-state index in [1.54, 1.807) is 0 Å². The molecule has 17 heavy (non-hydrogen) atoms. The lowest BCUT2D eigenvalue weighted by atomic mass is 10.1. The third-order valence-corrected chi connectivity index (χ3v) is 3.95. The molecular weight excluding hydrogens is 210 g/mol. The van der Waals surface area contributed by atoms with Crippen LogP contribution in [0.3, 0.4) is 0 Å². The van der Waals surface area contributed by atoms with E-state index in [0.29, 0.717) is 6.04 Å². The first kappa shape index (κ1) is 14.9. The maximum absolute atomic E-state index is 3.60. The van der Waals surface area contributed by atoms with E-state index in [0.717, 1.165) is 13.1 Å². The molecule has 1 fully saturated rings. The van der Waals surface area contributed by atoms with Crippen molar-refractivity contribution >= 4 is 0 Å². The van der Waals surface area contributed by atoms with Gasteiger partial charge < -0.3 is 10.2 Å². The van der Waals surface area contributed by atoms with Crippen LogP contribution in [-0.4, -0.2) is 61.7 Å². The van der Waals surface area contributed by atoms with Crippen LogP contribution in [0.2, 0.25) is 0 Å². The number of likely N-dealkylation sites (tertiary alicyclic amines) is 1. The Morgan fingerprint density at radius 2 is 1.76 bits per heavy atom. The van der Waals surface area contributed by atoms with Crippen LogP contribution in [0.4, 0.5) is 0 Å². The quantitative estimate of drug-likeness (QED) is 0.654. The van der Waals surface area contributed by atoms with Gasteiger partial charge in [0.1, 0.15) is 0 Å². The lowest BCUT2D eigenvalue weighted by Crippen LogP contribution is -2.44. The van der Waals surface area contributed by atoms with Gasteiger partial charge in [-0.25, -0.2) is 0 Å². The summed E-state index contributed by atoms with van der Waals surface area (Å²) in [6.45, 7) is 15.2. The van der Waals surface area contributed by atoms with E-state index in [4.69, 9.17) is 0 Å². The maximum atomic E-state index is 3.60. The number of nitrogens with zero attached hydrogens (tertiary/aromatic N) is 2. The van der Waals surface area contributed by atoms with E-state index in [1.807, 2.05) is 0 Å². The summed E-state index contributed by atoms with van der Waals surface area (Å²) in [4.78, 5) is 5.10. The van der Waals surface area contributed by atoms with Crippen LogP contribution in [0.5, 0.6) is 0 Å². The molecular formula is C14H31N3. The van der Waals surface area contributed by atoms with Crippen LogP contribution in [0, 0.1) is 0 Å². The van der Waals surface area contributed by atoms with Gasteiger partial charge in [0.05, 0.1) is 0 Å². The van der Waals surface area contributed by atoms with Crippen molar-refractivity contribution in [3.63, 3.8) is 0 Å². The van der Waals surface area contributed by atoms with Gasteiger partial charge in [-0.15, -0.1) is 0 Å². The Morgan fingerprint density at radius 1 is 1.12 bits per heavy atom. The third kappa shape index (κ3) is 5.84. The van der Waals surface area contributed by atoms with Crippen LogP contribution in [0.15, 0.2) is 0 Å². The smallest absolute Gasteiger partial charge is 0.0192 e. The Balaban J connectivity index is 2.04. The van der Waals surface area contributed by atoms with Crippen molar-refractivity contribution in [1.82, 2.24) is 15.1 Å². The summed E-state index contributed by atoms with van der Waals surface area (Å²) in [5.74, 6) is 0. The molecule has 0 radical (unpaired) electrons. The predicted molar refractivity (Wildman–Crippen MR) is 75.5 cm³/mol. The molecule has 1 unspecified atom stereocenters. The standard InChI is InChI=1S/C14H31N3/c1-4-16(5-2)12-9-15-13-14(3)17-10-7-6-8-11-17/h14-15H,4-13H2,1-3H3. The number of likely N-dealkylation sites (N-methyl/N-ethyl adjacent to an activating group) is 1. The third-order valence-electron chi connectivity index (χ3n) is 3.95. The Bertz CT molecular complexity index is 174. The zero-order chi connectivity index (χ0) is 12.5. The number of rotatable bonds is 8. The second-order valence-electron chi connectivity index (χ2n) is 5.18. The zero-order valence-corrected chi connectivity index (χ0v) is 12.0. The van der Waals surface area contributed by atoms with Crippen molar-refractivity contribution in [2.45, 2.75) is 46.1 Å². The van der Waals surface area contributed by atoms with Gasteiger partial charge >= 0.3 is 0 Å². The molecule has 0 aromatic rings. The van der Waals surface area contributed by atoms with Crippen LogP contribution < -0.4 is 5.32 Å². The van der Waals surface area contributed by atoms with E-state index < -0.39 is 0 Å². The molecule has 1 N–H and O–H groups in total. The molecule has 0 spiro atoms. The predicted octanol–water partition coefficient (Wildman–Crippen LogP) is 1.79. The van der Waals surface area contributed by atoms with Gasteiger partial charge in [-0.3, -0.25) is 4.90 Å². The number of hydrogen-bond donors (Lipinski definition) is 1. The van der Waals surface area contributed by atoms with E-state index in [-0.39, 0.29) is 0 Å². The van der Waals surface area contributed by atoms with Gasteiger partial charge in [-0.2, -0.15) is 0 Å². The van der Waals surface area contributed by atoms with E-state index in [1.165, 1.54) is 52.0 Å². The second kappa shape index (κ2) is 8.90. The first-order chi connectivity index (χ1) is 8.27. The van der Waals surface area contributed by atoms with E-state index in [2.05, 4.69) is 35.9 Å². The molecule has 0 bridgehead atoms. The van der Waals surface area contributed by atoms with Gasteiger partial charge in [0.2, 0.25) is 0 Å². The molecule has 0 aromatic carbocycles. The van der Waals surface area contributed by atoms with Crippen LogP contribution in [-0.2, 0) is 0 Å². The fraction of sp³-hybridized carbons (Fsp3) is 1.00. The highest BCUT2D eigenvalue weighted by molar-refractivity contribution is 4.73. The Kier molecular flexibility index (Phi) is 7.82. The highest BCUT2D eigenvalue weighted by Crippen LogP contribution is 2.11. The zero-order valence-electron chi connectivity index (χ0n) is 12.0. The Labute approximate surface area is 108 Å². The first-order valence-corrected chi connectivity index (χ1v) is 7.45. The van der Waals surface area contributed by atoms with Crippen molar-refractivity contribution in [1.29, 1.82) is 0 Å². The molecule has 1 aliphatic heterocycles. The molecule has 3 heteroatoms. The van der Waals surface area contributed by atoms with Crippen molar-refractivity contribution in [3.05, 3.63) is 0 Å². The molecule has 1 rings (SSSR count). The largest absolute Gasteiger partial charge is 0.314 e. The summed E-state index contributed by atoms with van der Waals surface area (Å²) in [7, 11) is 0. The topological polar surface area (TPSA) is 18.5 Å². The minimum atomic E-state index is 0.701. The number of hydrogen-bond acceptors (Lipinski definition) is 3. The Morgan fingerprint density at radius 3 is 2.35 bits per heavy atom. The summed E-state index contributed by atoms with van der Waals surface area (Å²) in [5, 5.41) is 3.60. The van der Waals surface area contributed by atoms with E-state index >= 15 is 0 Å². The summed E-state index contributed by atoms with van der Waals surface area (Å²) in [6.07, 6.45) is 4.21. The molecule has 0 aromatic heterocycles. The molecule has 1 heterocycles. The normalized spacial score (nSPS) is 19.8. The number of nitrogens with one attached hydrogen (secondary N) is 1. The summed E-state index contributed by atoms with van der Waals surface area (Å²) < 4.78 is 0. The minimum Gasteiger partial charge on any atom is -0.314 e. The molecule has 1 saturated heterocycles. The highest BCUT2D eigenvalue weighted by Gasteiger charge is 2.15. The minimum absolute atomic E-state index is 0.701. The summed E-state index contributed by atoms with van der Waals surface area (Å²) in [6, 6.07) is 0.701. The molecule has 0 amide bonds. The first-order valence-electron chi connectivity index (χ1n) is 7.45. The molecule has 1 aliphatic rings. The summed E-state index contributed by atoms with van der Waals surface area (Å²) >= 11 is 0. The van der Waals surface area contributed by atoms with Crippen molar-refractivity contribution in [2.75, 3.05) is 45.8 Å². The summed E-state index contributed by atoms with van der Waals surface area (Å²) in [5.41, 5.74) is 0. The lowest BCUT2D eigenvalue weighted by molar-refractivity contribution is 0.169. The van der Waals surface area contributed by atoms with Crippen molar-refractivity contribution in [3.8, 4) is 0 Å². The number of piperidine rings is 1. The molecule has 0 saturated carbocycles.